The molecule has 0 saturated carbocycles. The fourth-order valence-corrected chi connectivity index (χ4v) is 3.84. The predicted octanol–water partition coefficient (Wildman–Crippen LogP) is 5.62. The first-order chi connectivity index (χ1) is 19.6. The van der Waals surface area contributed by atoms with Gasteiger partial charge in [0.15, 0.2) is 0 Å². The van der Waals surface area contributed by atoms with Crippen molar-refractivity contribution in [1.29, 1.82) is 0 Å². The Morgan fingerprint density at radius 1 is 1.00 bits per heavy atom. The molecule has 3 amide bonds. The van der Waals surface area contributed by atoms with Crippen molar-refractivity contribution < 1.29 is 37.0 Å². The van der Waals surface area contributed by atoms with E-state index in [-0.39, 0.29) is 17.2 Å². The van der Waals surface area contributed by atoms with Gasteiger partial charge in [-0.15, -0.1) is 0 Å². The summed E-state index contributed by atoms with van der Waals surface area (Å²) < 4.78 is 52.1. The molecule has 0 fully saturated rings. The zero-order valence-corrected chi connectivity index (χ0v) is 21.0. The Morgan fingerprint density at radius 3 is 2.44 bits per heavy atom. The number of benzene rings is 3. The van der Waals surface area contributed by atoms with Crippen molar-refractivity contribution in [3.8, 4) is 17.2 Å². The molecule has 5 rings (SSSR count). The molecule has 15 heteroatoms. The molecular formula is C26H20F3N7O5. The highest BCUT2D eigenvalue weighted by atomic mass is 19.4. The maximum absolute atomic E-state index is 13.3. The molecule has 0 aliphatic rings. The van der Waals surface area contributed by atoms with Gasteiger partial charge in [-0.25, -0.2) is 24.3 Å². The predicted molar refractivity (Wildman–Crippen MR) is 141 cm³/mol. The lowest BCUT2D eigenvalue weighted by molar-refractivity contribution is -0.560. The number of fused-ring (bicyclic) bond motifs is 1. The van der Waals surface area contributed by atoms with Gasteiger partial charge >= 0.3 is 24.2 Å². The van der Waals surface area contributed by atoms with Gasteiger partial charge in [0.2, 0.25) is 0 Å². The summed E-state index contributed by atoms with van der Waals surface area (Å²) in [5.74, 6) is 0.567. The standard InChI is InChI=1S/C26H20F3N7O5/c1-40-25(38)34-23-32-19-8-7-18(13-22(19)36(23)39)41-17-5-3-16(4-6-17)31-24(37)33-20-12-15(26(27,28)29)2-9-21(20)35-11-10-30-14-35/h2-14,32H,1H3,(H,34,38)(H2,31,33,37). The summed E-state index contributed by atoms with van der Waals surface area (Å²) in [5.41, 5.74) is 0.282. The Bertz CT molecular complexity index is 1720. The number of nitrogens with zero attached hydrogens (tertiary/aromatic N) is 3. The number of alkyl halides is 3. The smallest absolute Gasteiger partial charge is 0.476 e. The van der Waals surface area contributed by atoms with Crippen LogP contribution in [0.3, 0.4) is 0 Å². The lowest BCUT2D eigenvalue weighted by atomic mass is 10.1. The summed E-state index contributed by atoms with van der Waals surface area (Å²) in [5, 5.41) is 19.8. The molecule has 12 nitrogen and oxygen atoms in total. The summed E-state index contributed by atoms with van der Waals surface area (Å²) in [6.07, 6.45) is -1.02. The molecular weight excluding hydrogens is 547 g/mol. The minimum atomic E-state index is -4.60. The maximum atomic E-state index is 13.3. The van der Waals surface area contributed by atoms with E-state index in [1.54, 1.807) is 24.3 Å². The number of hydrogen-bond acceptors (Lipinski definition) is 6. The number of carbonyl (C=O) groups excluding carboxylic acids is 2. The highest BCUT2D eigenvalue weighted by Gasteiger charge is 2.31. The minimum Gasteiger partial charge on any atom is -0.740 e. The molecule has 2 heterocycles. The Labute approximate surface area is 228 Å². The van der Waals surface area contributed by atoms with Crippen LogP contribution in [0.5, 0.6) is 11.5 Å². The van der Waals surface area contributed by atoms with Crippen LogP contribution in [0, 0.1) is 5.21 Å². The molecule has 0 atom stereocenters. The first-order valence-electron chi connectivity index (χ1n) is 11.8. The van der Waals surface area contributed by atoms with Gasteiger partial charge in [0, 0.05) is 24.1 Å². The molecule has 2 aromatic heterocycles. The Hall–Kier alpha value is -5.73. The molecule has 0 spiro atoms. The molecule has 41 heavy (non-hydrogen) atoms. The highest BCUT2D eigenvalue weighted by Crippen LogP contribution is 2.33. The summed E-state index contributed by atoms with van der Waals surface area (Å²) >= 11 is 0. The second-order valence-corrected chi connectivity index (χ2v) is 8.47. The van der Waals surface area contributed by atoms with Crippen molar-refractivity contribution in [3.05, 3.63) is 90.2 Å². The largest absolute Gasteiger partial charge is 0.740 e. The Kier molecular flexibility index (Phi) is 7.07. The lowest BCUT2D eigenvalue weighted by Gasteiger charge is -2.15. The van der Waals surface area contributed by atoms with Gasteiger partial charge < -0.3 is 29.9 Å². The summed E-state index contributed by atoms with van der Waals surface area (Å²) in [7, 11) is 1.17. The normalized spacial score (nSPS) is 11.2. The molecule has 0 saturated heterocycles. The van der Waals surface area contributed by atoms with Gasteiger partial charge in [-0.1, -0.05) is 0 Å². The van der Waals surface area contributed by atoms with Gasteiger partial charge in [0.05, 0.1) is 30.4 Å². The number of anilines is 3. The second kappa shape index (κ2) is 10.8. The molecule has 0 aliphatic carbocycles. The molecule has 0 radical (unpaired) electrons. The number of carbonyl (C=O) groups is 2. The van der Waals surface area contributed by atoms with E-state index in [0.717, 1.165) is 12.1 Å². The van der Waals surface area contributed by atoms with E-state index >= 15 is 0 Å². The number of ether oxygens (including phenoxy) is 2. The molecule has 0 unspecified atom stereocenters. The number of amides is 3. The van der Waals surface area contributed by atoms with Crippen molar-refractivity contribution in [3.63, 3.8) is 0 Å². The van der Waals surface area contributed by atoms with Crippen molar-refractivity contribution in [2.75, 3.05) is 23.1 Å². The number of rotatable bonds is 6. The molecule has 0 bridgehead atoms. The van der Waals surface area contributed by atoms with E-state index in [1.807, 2.05) is 0 Å². The van der Waals surface area contributed by atoms with Gasteiger partial charge in [-0.05, 0) is 54.6 Å². The number of aromatic amines is 1. The van der Waals surface area contributed by atoms with Crippen molar-refractivity contribution >= 4 is 40.5 Å². The first-order valence-corrected chi connectivity index (χ1v) is 11.8. The summed E-state index contributed by atoms with van der Waals surface area (Å²) in [6, 6.07) is 13.0. The van der Waals surface area contributed by atoms with E-state index in [1.165, 1.54) is 54.7 Å². The van der Waals surface area contributed by atoms with Crippen LogP contribution in [0.15, 0.2) is 79.4 Å². The van der Waals surface area contributed by atoms with Crippen LogP contribution in [0.2, 0.25) is 0 Å². The number of aromatic nitrogens is 4. The van der Waals surface area contributed by atoms with Gasteiger partial charge in [-0.2, -0.15) is 18.5 Å². The third kappa shape index (κ3) is 5.98. The van der Waals surface area contributed by atoms with Gasteiger partial charge in [0.1, 0.15) is 22.5 Å². The average molecular weight is 567 g/mol. The van der Waals surface area contributed by atoms with E-state index in [4.69, 9.17) is 4.74 Å². The number of nitrogens with one attached hydrogen (secondary N) is 4. The van der Waals surface area contributed by atoms with E-state index < -0.39 is 23.9 Å². The van der Waals surface area contributed by atoms with Crippen LogP contribution < -0.4 is 25.4 Å². The third-order valence-electron chi connectivity index (χ3n) is 5.75. The number of H-pyrrole nitrogens is 1. The summed E-state index contributed by atoms with van der Waals surface area (Å²) in [4.78, 5) is 30.7. The van der Waals surface area contributed by atoms with Gasteiger partial charge in [0.25, 0.3) is 0 Å². The van der Waals surface area contributed by atoms with Crippen molar-refractivity contribution in [1.82, 2.24) is 14.5 Å². The van der Waals surface area contributed by atoms with Crippen molar-refractivity contribution in [2.45, 2.75) is 6.18 Å². The first kappa shape index (κ1) is 26.9. The minimum absolute atomic E-state index is 0.0732. The number of halogens is 3. The maximum Gasteiger partial charge on any atom is 0.476 e. The Morgan fingerprint density at radius 2 is 1.76 bits per heavy atom. The van der Waals surface area contributed by atoms with E-state index in [2.05, 4.69) is 30.7 Å². The zero-order chi connectivity index (χ0) is 29.1. The van der Waals surface area contributed by atoms with Crippen LogP contribution in [0.4, 0.5) is 40.1 Å². The molecule has 4 N–H and O–H groups in total. The number of methoxy groups -OCH3 is 1. The quantitative estimate of drug-likeness (QED) is 0.155. The van der Waals surface area contributed by atoms with Gasteiger partial charge in [-0.3, -0.25) is 0 Å². The SMILES string of the molecule is COC(=O)Nc1[nH]c2ccc(Oc3ccc(NC(=O)Nc4cc(C(F)(F)F)ccc4-n4ccnc4)cc3)cc2[n+]1[O-]. The van der Waals surface area contributed by atoms with E-state index in [0.29, 0.717) is 33.1 Å². The average Bonchev–Trinajstić information content (AvgIpc) is 3.58. The lowest BCUT2D eigenvalue weighted by Crippen LogP contribution is -2.31. The topological polar surface area (TPSA) is 149 Å². The fraction of sp³-hybridized carbons (Fsp3) is 0.0769. The zero-order valence-electron chi connectivity index (χ0n) is 21.0. The molecule has 5 aromatic rings. The highest BCUT2D eigenvalue weighted by molar-refractivity contribution is 6.01. The van der Waals surface area contributed by atoms with Crippen molar-refractivity contribution in [2.24, 2.45) is 0 Å². The monoisotopic (exact) mass is 567 g/mol. The van der Waals surface area contributed by atoms with Crippen LogP contribution in [0.1, 0.15) is 5.56 Å². The second-order valence-electron chi connectivity index (χ2n) is 8.47. The van der Waals surface area contributed by atoms with Crippen LogP contribution in [-0.2, 0) is 10.9 Å². The van der Waals surface area contributed by atoms with Crippen LogP contribution in [-0.4, -0.2) is 33.8 Å². The van der Waals surface area contributed by atoms with Crippen LogP contribution >= 0.6 is 0 Å². The number of imidazole rings is 2. The molecule has 210 valence electrons. The number of hydrogen-bond donors (Lipinski definition) is 4. The van der Waals surface area contributed by atoms with Crippen LogP contribution in [0.25, 0.3) is 16.7 Å². The molecule has 3 aromatic carbocycles. The Balaban J connectivity index is 1.27. The van der Waals surface area contributed by atoms with E-state index in [9.17, 15) is 28.0 Å². The summed E-state index contributed by atoms with van der Waals surface area (Å²) in [6.45, 7) is 0. The fourth-order valence-electron chi connectivity index (χ4n) is 3.84. The number of urea groups is 1. The third-order valence-corrected chi connectivity index (χ3v) is 5.75. The molecule has 0 aliphatic heterocycles.